The van der Waals surface area contributed by atoms with Crippen LogP contribution in [0.1, 0.15) is 12.8 Å². The summed E-state index contributed by atoms with van der Waals surface area (Å²) in [5.41, 5.74) is 0. The molecule has 0 saturated carbocycles. The number of alkyl halides is 1. The lowest BCUT2D eigenvalue weighted by Gasteiger charge is -2.13. The summed E-state index contributed by atoms with van der Waals surface area (Å²) >= 11 is 6.15. The summed E-state index contributed by atoms with van der Waals surface area (Å²) in [6.07, 6.45) is 0.298. The maximum Gasteiger partial charge on any atom is 0.242 e. The summed E-state index contributed by atoms with van der Waals surface area (Å²) in [7, 11) is 0. The molecule has 7 heteroatoms. The highest BCUT2D eigenvalue weighted by Crippen LogP contribution is 2.17. The fourth-order valence-electron chi connectivity index (χ4n) is 1.39. The van der Waals surface area contributed by atoms with Crippen LogP contribution in [0.5, 0.6) is 0 Å². The van der Waals surface area contributed by atoms with Crippen LogP contribution in [0.2, 0.25) is 0 Å². The number of amides is 3. The lowest BCUT2D eigenvalue weighted by molar-refractivity contribution is -0.138. The van der Waals surface area contributed by atoms with E-state index in [9.17, 15) is 14.4 Å². The van der Waals surface area contributed by atoms with E-state index in [1.165, 1.54) is 0 Å². The third-order valence-electron chi connectivity index (χ3n) is 2.20. The van der Waals surface area contributed by atoms with Gasteiger partial charge in [-0.25, -0.2) is 0 Å². The van der Waals surface area contributed by atoms with E-state index < -0.39 is 5.25 Å². The predicted octanol–water partition coefficient (Wildman–Crippen LogP) is -0.0150. The number of nitrogens with one attached hydrogen (secondary N) is 1. The van der Waals surface area contributed by atoms with Crippen LogP contribution in [0.3, 0.4) is 0 Å². The molecule has 1 fully saturated rings. The number of nitrogens with zero attached hydrogens (tertiary/aromatic N) is 1. The molecule has 0 aliphatic carbocycles. The van der Waals surface area contributed by atoms with Gasteiger partial charge in [0.2, 0.25) is 17.7 Å². The minimum Gasteiger partial charge on any atom is -0.355 e. The van der Waals surface area contributed by atoms with Crippen LogP contribution in [-0.4, -0.2) is 45.4 Å². The van der Waals surface area contributed by atoms with Gasteiger partial charge < -0.3 is 5.32 Å². The second-order valence-corrected chi connectivity index (χ2v) is 5.09. The highest BCUT2D eigenvalue weighted by Gasteiger charge is 2.36. The van der Waals surface area contributed by atoms with Gasteiger partial charge >= 0.3 is 0 Å². The maximum atomic E-state index is 11.4. The molecule has 1 atom stereocenters. The van der Waals surface area contributed by atoms with Gasteiger partial charge in [0.15, 0.2) is 0 Å². The molecule has 0 bridgehead atoms. The quantitative estimate of drug-likeness (QED) is 0.315. The minimum absolute atomic E-state index is 0.136. The van der Waals surface area contributed by atoms with E-state index in [2.05, 4.69) is 40.5 Å². The molecule has 90 valence electrons. The Kier molecular flexibility index (Phi) is 5.53. The molecule has 0 aromatic heterocycles. The molecule has 0 aromatic rings. The first-order valence-electron chi connectivity index (χ1n) is 4.91. The fraction of sp³-hybridized carbons (Fsp3) is 0.667. The van der Waals surface area contributed by atoms with E-state index in [0.717, 1.165) is 9.33 Å². The van der Waals surface area contributed by atoms with Crippen molar-refractivity contribution in [2.45, 2.75) is 18.1 Å². The van der Waals surface area contributed by atoms with Crippen LogP contribution in [0.4, 0.5) is 0 Å². The van der Waals surface area contributed by atoms with E-state index in [0.29, 0.717) is 6.54 Å². The zero-order valence-electron chi connectivity index (χ0n) is 8.61. The molecule has 16 heavy (non-hydrogen) atoms. The second kappa shape index (κ2) is 6.43. The third kappa shape index (κ3) is 3.62. The minimum atomic E-state index is -0.537. The third-order valence-corrected chi connectivity index (χ3v) is 3.14. The Morgan fingerprint density at radius 1 is 1.56 bits per heavy atom. The number of thiol groups is 1. The number of rotatable bonds is 5. The average molecular weight is 356 g/mol. The number of imide groups is 1. The normalized spacial score (nSPS) is 20.4. The van der Waals surface area contributed by atoms with Crippen molar-refractivity contribution in [1.82, 2.24) is 10.2 Å². The van der Waals surface area contributed by atoms with E-state index in [1.807, 2.05) is 0 Å². The van der Waals surface area contributed by atoms with Crippen LogP contribution in [0.15, 0.2) is 0 Å². The number of halogens is 1. The summed E-state index contributed by atoms with van der Waals surface area (Å²) < 4.78 is 0.837. The van der Waals surface area contributed by atoms with E-state index >= 15 is 0 Å². The van der Waals surface area contributed by atoms with Gasteiger partial charge in [-0.15, -0.1) is 0 Å². The molecule has 1 heterocycles. The van der Waals surface area contributed by atoms with Crippen molar-refractivity contribution in [2.75, 3.05) is 17.5 Å². The summed E-state index contributed by atoms with van der Waals surface area (Å²) in [5, 5.41) is 2.15. The SMILES string of the molecule is O=C(CCN1C(=O)CC(S)C1=O)NCCI. The molecule has 3 amide bonds. The molecule has 1 saturated heterocycles. The summed E-state index contributed by atoms with van der Waals surface area (Å²) in [4.78, 5) is 35.2. The number of carbonyl (C=O) groups excluding carboxylic acids is 3. The van der Waals surface area contributed by atoms with Crippen molar-refractivity contribution in [3.63, 3.8) is 0 Å². The van der Waals surface area contributed by atoms with Gasteiger partial charge in [0.25, 0.3) is 0 Å². The monoisotopic (exact) mass is 356 g/mol. The fourth-order valence-corrected chi connectivity index (χ4v) is 1.95. The van der Waals surface area contributed by atoms with Crippen molar-refractivity contribution < 1.29 is 14.4 Å². The largest absolute Gasteiger partial charge is 0.355 e. The van der Waals surface area contributed by atoms with Crippen LogP contribution in [-0.2, 0) is 14.4 Å². The van der Waals surface area contributed by atoms with Gasteiger partial charge in [0.1, 0.15) is 0 Å². The van der Waals surface area contributed by atoms with Gasteiger partial charge in [0, 0.05) is 30.4 Å². The smallest absolute Gasteiger partial charge is 0.242 e. The van der Waals surface area contributed by atoms with E-state index in [4.69, 9.17) is 0 Å². The zero-order valence-corrected chi connectivity index (χ0v) is 11.7. The molecule has 0 aromatic carbocycles. The topological polar surface area (TPSA) is 66.5 Å². The Morgan fingerprint density at radius 3 is 2.75 bits per heavy atom. The van der Waals surface area contributed by atoms with Crippen molar-refractivity contribution in [1.29, 1.82) is 0 Å². The first-order chi connectivity index (χ1) is 7.56. The maximum absolute atomic E-state index is 11.4. The molecule has 1 aliphatic heterocycles. The van der Waals surface area contributed by atoms with Crippen LogP contribution in [0.25, 0.3) is 0 Å². The van der Waals surface area contributed by atoms with Gasteiger partial charge in [-0.3, -0.25) is 19.3 Å². The molecule has 1 N–H and O–H groups in total. The summed E-state index contributed by atoms with van der Waals surface area (Å²) in [5.74, 6) is -0.679. The Labute approximate surface area is 113 Å². The van der Waals surface area contributed by atoms with E-state index in [1.54, 1.807) is 0 Å². The van der Waals surface area contributed by atoms with Crippen molar-refractivity contribution in [3.05, 3.63) is 0 Å². The van der Waals surface area contributed by atoms with Crippen molar-refractivity contribution in [2.24, 2.45) is 0 Å². The number of hydrogen-bond acceptors (Lipinski definition) is 4. The standard InChI is InChI=1S/C9H13IN2O3S/c10-2-3-11-7(13)1-4-12-8(14)5-6(16)9(12)15/h6,16H,1-5H2,(H,11,13). The number of likely N-dealkylation sites (tertiary alicyclic amines) is 1. The van der Waals surface area contributed by atoms with E-state index in [-0.39, 0.29) is 37.1 Å². The van der Waals surface area contributed by atoms with Gasteiger partial charge in [-0.1, -0.05) is 22.6 Å². The number of carbonyl (C=O) groups is 3. The van der Waals surface area contributed by atoms with Gasteiger partial charge in [-0.2, -0.15) is 12.6 Å². The van der Waals surface area contributed by atoms with Crippen LogP contribution in [0, 0.1) is 0 Å². The average Bonchev–Trinajstić information content (AvgIpc) is 2.48. The molecular weight excluding hydrogens is 343 g/mol. The Morgan fingerprint density at radius 2 is 2.25 bits per heavy atom. The molecule has 0 radical (unpaired) electrons. The highest BCUT2D eigenvalue weighted by molar-refractivity contribution is 14.1. The molecular formula is C9H13IN2O3S. The molecule has 0 spiro atoms. The predicted molar refractivity (Wildman–Crippen MR) is 70.6 cm³/mol. The zero-order chi connectivity index (χ0) is 12.1. The lowest BCUT2D eigenvalue weighted by Crippen LogP contribution is -2.35. The van der Waals surface area contributed by atoms with Crippen LogP contribution < -0.4 is 5.32 Å². The van der Waals surface area contributed by atoms with Crippen molar-refractivity contribution >= 4 is 52.9 Å². The number of hydrogen-bond donors (Lipinski definition) is 2. The molecule has 5 nitrogen and oxygen atoms in total. The lowest BCUT2D eigenvalue weighted by atomic mass is 10.3. The Bertz CT molecular complexity index is 311. The van der Waals surface area contributed by atoms with Crippen molar-refractivity contribution in [3.8, 4) is 0 Å². The second-order valence-electron chi connectivity index (χ2n) is 3.39. The van der Waals surface area contributed by atoms with Gasteiger partial charge in [-0.05, 0) is 0 Å². The van der Waals surface area contributed by atoms with Gasteiger partial charge in [0.05, 0.1) is 5.25 Å². The summed E-state index contributed by atoms with van der Waals surface area (Å²) in [6.45, 7) is 0.762. The Hall–Kier alpha value is -0.310. The first-order valence-corrected chi connectivity index (χ1v) is 6.95. The van der Waals surface area contributed by atoms with Crippen LogP contribution >= 0.6 is 35.2 Å². The summed E-state index contributed by atoms with van der Waals surface area (Å²) in [6, 6.07) is 0. The molecule has 1 unspecified atom stereocenters. The Balaban J connectivity index is 2.35. The molecule has 1 rings (SSSR count). The first kappa shape index (κ1) is 13.8. The highest BCUT2D eigenvalue weighted by atomic mass is 127. The molecule has 1 aliphatic rings.